The second-order valence-corrected chi connectivity index (χ2v) is 8.37. The van der Waals surface area contributed by atoms with Crippen molar-refractivity contribution < 1.29 is 9.47 Å². The van der Waals surface area contributed by atoms with Crippen molar-refractivity contribution in [3.8, 4) is 11.8 Å². The Hall–Kier alpha value is -1.59. The smallest absolute Gasteiger partial charge is 0.329 e. The van der Waals surface area contributed by atoms with Crippen LogP contribution in [0.25, 0.3) is 11.2 Å². The molecule has 1 aliphatic heterocycles. The Kier molecular flexibility index (Phi) is 4.48. The van der Waals surface area contributed by atoms with Gasteiger partial charge < -0.3 is 9.47 Å². The van der Waals surface area contributed by atoms with Crippen molar-refractivity contribution in [2.45, 2.75) is 12.6 Å². The van der Waals surface area contributed by atoms with Crippen molar-refractivity contribution in [1.29, 1.82) is 0 Å². The van der Waals surface area contributed by atoms with Crippen LogP contribution in [0.15, 0.2) is 35.1 Å². The van der Waals surface area contributed by atoms with Crippen LogP contribution >= 0.6 is 47.8 Å². The molecule has 26 heavy (non-hydrogen) atoms. The number of ether oxygens (including phenoxy) is 2. The van der Waals surface area contributed by atoms with Crippen molar-refractivity contribution in [3.05, 3.63) is 46.4 Å². The van der Waals surface area contributed by atoms with E-state index in [1.54, 1.807) is 11.6 Å². The Balaban J connectivity index is 1.58. The van der Waals surface area contributed by atoms with Gasteiger partial charge in [0.1, 0.15) is 12.4 Å². The van der Waals surface area contributed by atoms with Crippen LogP contribution in [0.3, 0.4) is 0 Å². The molecule has 4 rings (SSSR count). The molecule has 1 atom stereocenters. The normalized spacial score (nSPS) is 15.9. The SMILES string of the molecule is Cn1c(=O)[nH]c(=O)c2c1nc1n2C[C@H](COc2c(Br)cc(Br)cc2Br)O1. The topological polar surface area (TPSA) is 91.1 Å². The van der Waals surface area contributed by atoms with Crippen molar-refractivity contribution >= 4 is 59.0 Å². The van der Waals surface area contributed by atoms with E-state index in [1.165, 1.54) is 4.57 Å². The number of hydrogen-bond donors (Lipinski definition) is 1. The lowest BCUT2D eigenvalue weighted by Gasteiger charge is -2.14. The molecule has 0 saturated heterocycles. The predicted octanol–water partition coefficient (Wildman–Crippen LogP) is 2.55. The molecular formula is C15H11Br3N4O4. The van der Waals surface area contributed by atoms with Gasteiger partial charge in [-0.05, 0) is 44.0 Å². The first kappa shape index (κ1) is 17.8. The van der Waals surface area contributed by atoms with Crippen LogP contribution in [0.2, 0.25) is 0 Å². The molecule has 136 valence electrons. The molecule has 0 spiro atoms. The predicted molar refractivity (Wildman–Crippen MR) is 105 cm³/mol. The van der Waals surface area contributed by atoms with Crippen LogP contribution in [-0.2, 0) is 13.6 Å². The third kappa shape index (κ3) is 2.91. The molecule has 1 aliphatic rings. The van der Waals surface area contributed by atoms with Crippen molar-refractivity contribution in [2.24, 2.45) is 7.05 Å². The fourth-order valence-corrected chi connectivity index (χ4v) is 5.28. The van der Waals surface area contributed by atoms with Gasteiger partial charge in [0, 0.05) is 11.5 Å². The molecule has 8 nitrogen and oxygen atoms in total. The van der Waals surface area contributed by atoms with E-state index in [4.69, 9.17) is 9.47 Å². The monoisotopic (exact) mass is 548 g/mol. The van der Waals surface area contributed by atoms with Gasteiger partial charge in [0.15, 0.2) is 17.3 Å². The second-order valence-electron chi connectivity index (χ2n) is 5.74. The summed E-state index contributed by atoms with van der Waals surface area (Å²) < 4.78 is 17.1. The average Bonchev–Trinajstić information content (AvgIpc) is 3.09. The molecule has 0 radical (unpaired) electrons. The van der Waals surface area contributed by atoms with E-state index in [9.17, 15) is 9.59 Å². The number of halogens is 3. The maximum atomic E-state index is 12.1. The first-order valence-corrected chi connectivity index (χ1v) is 9.86. The van der Waals surface area contributed by atoms with Crippen LogP contribution < -0.4 is 20.7 Å². The lowest BCUT2D eigenvalue weighted by atomic mass is 10.3. The fraction of sp³-hybridized carbons (Fsp3) is 0.267. The van der Waals surface area contributed by atoms with Gasteiger partial charge in [-0.1, -0.05) is 15.9 Å². The van der Waals surface area contributed by atoms with Gasteiger partial charge in [-0.2, -0.15) is 4.98 Å². The van der Waals surface area contributed by atoms with Crippen molar-refractivity contribution in [2.75, 3.05) is 6.61 Å². The zero-order valence-electron chi connectivity index (χ0n) is 13.3. The zero-order valence-corrected chi connectivity index (χ0v) is 18.0. The summed E-state index contributed by atoms with van der Waals surface area (Å²) in [7, 11) is 1.55. The van der Waals surface area contributed by atoms with Gasteiger partial charge in [0.05, 0.1) is 15.5 Å². The summed E-state index contributed by atoms with van der Waals surface area (Å²) in [4.78, 5) is 30.4. The summed E-state index contributed by atoms with van der Waals surface area (Å²) in [5.74, 6) is 0.659. The van der Waals surface area contributed by atoms with Gasteiger partial charge in [-0.25, -0.2) is 4.79 Å². The summed E-state index contributed by atoms with van der Waals surface area (Å²) in [6.45, 7) is 0.673. The Morgan fingerprint density at radius 3 is 2.69 bits per heavy atom. The first-order valence-electron chi connectivity index (χ1n) is 7.48. The molecule has 0 amide bonds. The second kappa shape index (κ2) is 6.54. The number of nitrogens with one attached hydrogen (secondary N) is 1. The number of hydrogen-bond acceptors (Lipinski definition) is 5. The first-order chi connectivity index (χ1) is 12.3. The van der Waals surface area contributed by atoms with Gasteiger partial charge in [0.2, 0.25) is 0 Å². The van der Waals surface area contributed by atoms with E-state index in [1.807, 2.05) is 12.1 Å². The Morgan fingerprint density at radius 1 is 1.31 bits per heavy atom. The van der Waals surface area contributed by atoms with E-state index in [0.717, 1.165) is 13.4 Å². The van der Waals surface area contributed by atoms with Crippen LogP contribution in [0, 0.1) is 0 Å². The van der Waals surface area contributed by atoms with Crippen molar-refractivity contribution in [1.82, 2.24) is 19.1 Å². The van der Waals surface area contributed by atoms with Crippen LogP contribution in [0.1, 0.15) is 0 Å². The van der Waals surface area contributed by atoms with E-state index < -0.39 is 11.2 Å². The summed E-state index contributed by atoms with van der Waals surface area (Å²) in [5.41, 5.74) is -0.378. The van der Waals surface area contributed by atoms with Gasteiger partial charge in [-0.3, -0.25) is 18.9 Å². The molecular weight excluding hydrogens is 540 g/mol. The molecule has 0 saturated carbocycles. The van der Waals surface area contributed by atoms with Gasteiger partial charge in [-0.15, -0.1) is 0 Å². The highest BCUT2D eigenvalue weighted by Gasteiger charge is 2.29. The number of nitrogens with zero attached hydrogens (tertiary/aromatic N) is 3. The number of aromatic nitrogens is 4. The quantitative estimate of drug-likeness (QED) is 0.541. The lowest BCUT2D eigenvalue weighted by Crippen LogP contribution is -2.30. The van der Waals surface area contributed by atoms with E-state index in [-0.39, 0.29) is 12.7 Å². The zero-order chi connectivity index (χ0) is 18.6. The van der Waals surface area contributed by atoms with E-state index >= 15 is 0 Å². The molecule has 0 bridgehead atoms. The molecule has 11 heteroatoms. The number of fused-ring (bicyclic) bond motifs is 3. The highest BCUT2D eigenvalue weighted by atomic mass is 79.9. The fourth-order valence-electron chi connectivity index (χ4n) is 2.79. The van der Waals surface area contributed by atoms with Gasteiger partial charge >= 0.3 is 5.69 Å². The number of H-pyrrole nitrogens is 1. The van der Waals surface area contributed by atoms with Crippen molar-refractivity contribution in [3.63, 3.8) is 0 Å². The summed E-state index contributed by atoms with van der Waals surface area (Å²) in [6, 6.07) is 4.07. The lowest BCUT2D eigenvalue weighted by molar-refractivity contribution is 0.142. The maximum Gasteiger partial charge on any atom is 0.329 e. The molecule has 3 heterocycles. The van der Waals surface area contributed by atoms with E-state index in [2.05, 4.69) is 57.8 Å². The number of imidazole rings is 1. The van der Waals surface area contributed by atoms with Crippen LogP contribution in [0.5, 0.6) is 11.8 Å². The molecule has 1 aromatic carbocycles. The number of aromatic amines is 1. The minimum absolute atomic E-state index is 0.271. The van der Waals surface area contributed by atoms with E-state index in [0.29, 0.717) is 29.5 Å². The summed E-state index contributed by atoms with van der Waals surface area (Å²) >= 11 is 10.3. The minimum Gasteiger partial charge on any atom is -0.487 e. The number of benzene rings is 1. The number of aryl methyl sites for hydroxylation is 1. The summed E-state index contributed by atoms with van der Waals surface area (Å²) in [6.07, 6.45) is -0.305. The Labute approximate surface area is 171 Å². The van der Waals surface area contributed by atoms with Crippen LogP contribution in [-0.4, -0.2) is 31.8 Å². The molecule has 0 unspecified atom stereocenters. The third-order valence-corrected chi connectivity index (χ3v) is 5.64. The highest BCUT2D eigenvalue weighted by molar-refractivity contribution is 9.11. The minimum atomic E-state index is -0.510. The van der Waals surface area contributed by atoms with Crippen LogP contribution in [0.4, 0.5) is 0 Å². The maximum absolute atomic E-state index is 12.1. The highest BCUT2D eigenvalue weighted by Crippen LogP contribution is 2.37. The number of rotatable bonds is 3. The molecule has 2 aromatic heterocycles. The third-order valence-electron chi connectivity index (χ3n) is 4.01. The Morgan fingerprint density at radius 2 is 2.00 bits per heavy atom. The molecule has 0 fully saturated rings. The standard InChI is InChI=1S/C15H11Br3N4O4/c1-21-12-10(13(23)20-14(21)24)22-4-7(26-15(22)19-12)5-25-11-8(17)2-6(16)3-9(11)18/h2-3,7H,4-5H2,1H3,(H,20,23,24)/t7-/m1/s1. The average molecular weight is 551 g/mol. The molecule has 3 aromatic rings. The largest absolute Gasteiger partial charge is 0.487 e. The van der Waals surface area contributed by atoms with Gasteiger partial charge in [0.25, 0.3) is 11.6 Å². The summed E-state index contributed by atoms with van der Waals surface area (Å²) in [5, 5.41) is 0. The molecule has 1 N–H and O–H groups in total. The molecule has 0 aliphatic carbocycles. The Bertz CT molecular complexity index is 1130.